The van der Waals surface area contributed by atoms with Gasteiger partial charge in [-0.25, -0.2) is 8.42 Å². The highest BCUT2D eigenvalue weighted by molar-refractivity contribution is 7.92. The van der Waals surface area contributed by atoms with Crippen LogP contribution in [0.4, 0.5) is 5.69 Å². The van der Waals surface area contributed by atoms with E-state index in [1.165, 1.54) is 10.6 Å². The van der Waals surface area contributed by atoms with Crippen LogP contribution in [0, 0.1) is 5.41 Å². The Hall–Kier alpha value is -3.32. The summed E-state index contributed by atoms with van der Waals surface area (Å²) in [6, 6.07) is 23.3. The molecule has 3 aromatic rings. The highest BCUT2D eigenvalue weighted by atomic mass is 32.2. The molecule has 0 aromatic heterocycles. The Kier molecular flexibility index (Phi) is 8.14. The Morgan fingerprint density at radius 1 is 0.861 bits per heavy atom. The zero-order valence-electron chi connectivity index (χ0n) is 21.9. The van der Waals surface area contributed by atoms with Gasteiger partial charge in [-0.3, -0.25) is 9.10 Å². The monoisotopic (exact) mass is 508 g/mol. The van der Waals surface area contributed by atoms with Crippen LogP contribution in [0.3, 0.4) is 0 Å². The van der Waals surface area contributed by atoms with Crippen LogP contribution in [0.5, 0.6) is 11.5 Å². The second-order valence-electron chi connectivity index (χ2n) is 10.9. The number of hydrogen-bond acceptors (Lipinski definition) is 4. The van der Waals surface area contributed by atoms with Crippen LogP contribution < -0.4 is 14.4 Å². The van der Waals surface area contributed by atoms with E-state index >= 15 is 0 Å². The first kappa shape index (κ1) is 27.3. The molecule has 0 atom stereocenters. The molecule has 0 fully saturated rings. The largest absolute Gasteiger partial charge is 0.455 e. The third kappa shape index (κ3) is 7.85. The standard InChI is InChI=1S/C29H36N2O4S/c1-28(2,3)21-29(4,5)30-27(32)23-18-16-22(17-19-23)20-31(36(6,33)34)25-14-10-11-15-26(25)35-24-12-8-7-9-13-24/h7-19H,20-21H2,1-6H3,(H,30,32). The van der Waals surface area contributed by atoms with Crippen molar-refractivity contribution in [2.45, 2.75) is 53.1 Å². The molecule has 0 bridgehead atoms. The van der Waals surface area contributed by atoms with Crippen molar-refractivity contribution in [3.8, 4) is 11.5 Å². The quantitative estimate of drug-likeness (QED) is 0.363. The van der Waals surface area contributed by atoms with Crippen molar-refractivity contribution in [2.75, 3.05) is 10.6 Å². The number of ether oxygens (including phenoxy) is 1. The highest BCUT2D eigenvalue weighted by Crippen LogP contribution is 2.34. The molecule has 7 heteroatoms. The Labute approximate surface area is 215 Å². The first-order valence-electron chi connectivity index (χ1n) is 11.9. The second kappa shape index (κ2) is 10.7. The zero-order chi connectivity index (χ0) is 26.6. The third-order valence-corrected chi connectivity index (χ3v) is 6.60. The summed E-state index contributed by atoms with van der Waals surface area (Å²) < 4.78 is 32.9. The van der Waals surface area contributed by atoms with Crippen LogP contribution in [-0.2, 0) is 16.6 Å². The highest BCUT2D eigenvalue weighted by Gasteiger charge is 2.27. The van der Waals surface area contributed by atoms with E-state index in [0.717, 1.165) is 12.0 Å². The molecule has 1 amide bonds. The Balaban J connectivity index is 1.81. The summed E-state index contributed by atoms with van der Waals surface area (Å²) in [5.74, 6) is 0.895. The molecule has 1 N–H and O–H groups in total. The van der Waals surface area contributed by atoms with Crippen LogP contribution in [0.2, 0.25) is 0 Å². The maximum atomic E-state index is 12.8. The van der Waals surface area contributed by atoms with E-state index in [1.807, 2.05) is 44.2 Å². The number of sulfonamides is 1. The van der Waals surface area contributed by atoms with E-state index in [2.05, 4.69) is 26.1 Å². The van der Waals surface area contributed by atoms with Crippen molar-refractivity contribution < 1.29 is 17.9 Å². The van der Waals surface area contributed by atoms with Gasteiger partial charge in [0.1, 0.15) is 5.75 Å². The minimum absolute atomic E-state index is 0.0796. The van der Waals surface area contributed by atoms with Gasteiger partial charge in [0.2, 0.25) is 10.0 Å². The molecule has 0 saturated heterocycles. The number of rotatable bonds is 9. The molecular weight excluding hydrogens is 472 g/mol. The van der Waals surface area contributed by atoms with Gasteiger partial charge in [-0.2, -0.15) is 0 Å². The summed E-state index contributed by atoms with van der Waals surface area (Å²) in [7, 11) is -3.62. The van der Waals surface area contributed by atoms with Gasteiger partial charge >= 0.3 is 0 Å². The summed E-state index contributed by atoms with van der Waals surface area (Å²) in [5.41, 5.74) is 1.44. The van der Waals surface area contributed by atoms with Crippen molar-refractivity contribution in [2.24, 2.45) is 5.41 Å². The van der Waals surface area contributed by atoms with Crippen LogP contribution in [0.25, 0.3) is 0 Å². The van der Waals surface area contributed by atoms with E-state index < -0.39 is 10.0 Å². The number of hydrogen-bond donors (Lipinski definition) is 1. The lowest BCUT2D eigenvalue weighted by molar-refractivity contribution is 0.0891. The summed E-state index contributed by atoms with van der Waals surface area (Å²) >= 11 is 0. The molecule has 0 spiro atoms. The predicted octanol–water partition coefficient (Wildman–Crippen LogP) is 6.39. The van der Waals surface area contributed by atoms with Gasteiger partial charge in [-0.1, -0.05) is 63.2 Å². The van der Waals surface area contributed by atoms with E-state index in [1.54, 1.807) is 48.5 Å². The maximum Gasteiger partial charge on any atom is 0.251 e. The average Bonchev–Trinajstić information content (AvgIpc) is 2.76. The van der Waals surface area contributed by atoms with Gasteiger partial charge < -0.3 is 10.1 Å². The molecule has 0 aliphatic carbocycles. The molecule has 0 radical (unpaired) electrons. The number of amides is 1. The molecule has 192 valence electrons. The third-order valence-electron chi connectivity index (χ3n) is 5.47. The Bertz CT molecular complexity index is 1280. The minimum atomic E-state index is -3.62. The van der Waals surface area contributed by atoms with Gasteiger partial charge in [0, 0.05) is 11.1 Å². The number of nitrogens with one attached hydrogen (secondary N) is 1. The van der Waals surface area contributed by atoms with Crippen LogP contribution in [0.15, 0.2) is 78.9 Å². The predicted molar refractivity (Wildman–Crippen MR) is 146 cm³/mol. The number of nitrogens with zero attached hydrogens (tertiary/aromatic N) is 1. The SMILES string of the molecule is CC(C)(C)CC(C)(C)NC(=O)c1ccc(CN(c2ccccc2Oc2ccccc2)S(C)(=O)=O)cc1. The fourth-order valence-electron chi connectivity index (χ4n) is 4.42. The van der Waals surface area contributed by atoms with E-state index in [0.29, 0.717) is 22.7 Å². The molecule has 3 aromatic carbocycles. The molecule has 0 aliphatic heterocycles. The normalized spacial score (nSPS) is 12.2. The van der Waals surface area contributed by atoms with Crippen molar-refractivity contribution in [1.29, 1.82) is 0 Å². The topological polar surface area (TPSA) is 75.7 Å². The lowest BCUT2D eigenvalue weighted by Gasteiger charge is -2.33. The molecule has 6 nitrogen and oxygen atoms in total. The van der Waals surface area contributed by atoms with Gasteiger partial charge in [0.05, 0.1) is 18.5 Å². The average molecular weight is 509 g/mol. The van der Waals surface area contributed by atoms with Crippen LogP contribution >= 0.6 is 0 Å². The minimum Gasteiger partial charge on any atom is -0.455 e. The second-order valence-corrected chi connectivity index (χ2v) is 12.8. The van der Waals surface area contributed by atoms with E-state index in [4.69, 9.17) is 4.74 Å². The molecular formula is C29H36N2O4S. The first-order valence-corrected chi connectivity index (χ1v) is 13.8. The van der Waals surface area contributed by atoms with Gasteiger partial charge in [-0.15, -0.1) is 0 Å². The summed E-state index contributed by atoms with van der Waals surface area (Å²) in [6.45, 7) is 10.6. The summed E-state index contributed by atoms with van der Waals surface area (Å²) in [5, 5.41) is 3.11. The number of carbonyl (C=O) groups is 1. The van der Waals surface area contributed by atoms with Crippen molar-refractivity contribution in [3.05, 3.63) is 90.0 Å². The molecule has 0 aliphatic rings. The van der Waals surface area contributed by atoms with Crippen molar-refractivity contribution in [3.63, 3.8) is 0 Å². The number of carbonyl (C=O) groups excluding carboxylic acids is 1. The molecule has 36 heavy (non-hydrogen) atoms. The summed E-state index contributed by atoms with van der Waals surface area (Å²) in [6.07, 6.45) is 2.00. The lowest BCUT2D eigenvalue weighted by Crippen LogP contribution is -2.45. The first-order chi connectivity index (χ1) is 16.7. The van der Waals surface area contributed by atoms with Gasteiger partial charge in [-0.05, 0) is 67.6 Å². The fraction of sp³-hybridized carbons (Fsp3) is 0.345. The lowest BCUT2D eigenvalue weighted by atomic mass is 9.81. The van der Waals surface area contributed by atoms with E-state index in [9.17, 15) is 13.2 Å². The zero-order valence-corrected chi connectivity index (χ0v) is 22.7. The molecule has 0 heterocycles. The maximum absolute atomic E-state index is 12.8. The summed E-state index contributed by atoms with van der Waals surface area (Å²) in [4.78, 5) is 12.8. The number of para-hydroxylation sites is 3. The number of benzene rings is 3. The molecule has 0 unspecified atom stereocenters. The van der Waals surface area contributed by atoms with Crippen molar-refractivity contribution >= 4 is 21.6 Å². The fourth-order valence-corrected chi connectivity index (χ4v) is 5.31. The van der Waals surface area contributed by atoms with Crippen LogP contribution in [-0.4, -0.2) is 26.1 Å². The molecule has 0 saturated carbocycles. The van der Waals surface area contributed by atoms with E-state index in [-0.39, 0.29) is 23.4 Å². The van der Waals surface area contributed by atoms with Crippen LogP contribution in [0.1, 0.15) is 57.0 Å². The van der Waals surface area contributed by atoms with Gasteiger partial charge in [0.15, 0.2) is 5.75 Å². The molecule has 3 rings (SSSR count). The smallest absolute Gasteiger partial charge is 0.251 e. The van der Waals surface area contributed by atoms with Gasteiger partial charge in [0.25, 0.3) is 5.91 Å². The number of anilines is 1. The van der Waals surface area contributed by atoms with Crippen molar-refractivity contribution in [1.82, 2.24) is 5.32 Å². The Morgan fingerprint density at radius 2 is 1.44 bits per heavy atom. The Morgan fingerprint density at radius 3 is 2.03 bits per heavy atom.